The quantitative estimate of drug-likeness (QED) is 0.835. The van der Waals surface area contributed by atoms with Gasteiger partial charge < -0.3 is 5.32 Å². The molecule has 0 fully saturated rings. The SMILES string of the molecule is Cc1nsc(Nc2ccccc2CCl)n1. The van der Waals surface area contributed by atoms with Crippen LogP contribution in [-0.2, 0) is 5.88 Å². The molecule has 0 unspecified atom stereocenters. The largest absolute Gasteiger partial charge is 0.330 e. The third kappa shape index (κ3) is 2.46. The van der Waals surface area contributed by atoms with E-state index < -0.39 is 0 Å². The van der Waals surface area contributed by atoms with E-state index in [1.54, 1.807) is 0 Å². The van der Waals surface area contributed by atoms with Crippen LogP contribution >= 0.6 is 23.1 Å². The van der Waals surface area contributed by atoms with Gasteiger partial charge in [-0.15, -0.1) is 11.6 Å². The van der Waals surface area contributed by atoms with Gasteiger partial charge in [0.25, 0.3) is 0 Å². The van der Waals surface area contributed by atoms with E-state index in [2.05, 4.69) is 14.7 Å². The lowest BCUT2D eigenvalue weighted by atomic mass is 10.2. The van der Waals surface area contributed by atoms with Crippen LogP contribution in [0.15, 0.2) is 24.3 Å². The van der Waals surface area contributed by atoms with Crippen molar-refractivity contribution < 1.29 is 0 Å². The van der Waals surface area contributed by atoms with Gasteiger partial charge in [-0.2, -0.15) is 4.37 Å². The average molecular weight is 240 g/mol. The molecular formula is C10H10ClN3S. The Hall–Kier alpha value is -1.13. The van der Waals surface area contributed by atoms with Crippen molar-refractivity contribution in [1.29, 1.82) is 0 Å². The van der Waals surface area contributed by atoms with Gasteiger partial charge in [0, 0.05) is 23.1 Å². The first kappa shape index (κ1) is 10.4. The number of nitrogens with zero attached hydrogens (tertiary/aromatic N) is 2. The van der Waals surface area contributed by atoms with Gasteiger partial charge >= 0.3 is 0 Å². The zero-order valence-corrected chi connectivity index (χ0v) is 9.77. The fourth-order valence-electron chi connectivity index (χ4n) is 1.22. The van der Waals surface area contributed by atoms with E-state index in [0.717, 1.165) is 22.2 Å². The summed E-state index contributed by atoms with van der Waals surface area (Å²) in [5, 5.41) is 4.00. The van der Waals surface area contributed by atoms with Gasteiger partial charge in [0.05, 0.1) is 0 Å². The van der Waals surface area contributed by atoms with Gasteiger partial charge in [0.1, 0.15) is 5.82 Å². The van der Waals surface area contributed by atoms with E-state index in [1.165, 1.54) is 11.5 Å². The van der Waals surface area contributed by atoms with E-state index in [4.69, 9.17) is 11.6 Å². The van der Waals surface area contributed by atoms with Crippen molar-refractivity contribution in [3.8, 4) is 0 Å². The van der Waals surface area contributed by atoms with Crippen LogP contribution in [0.2, 0.25) is 0 Å². The molecule has 78 valence electrons. The molecule has 5 heteroatoms. The standard InChI is InChI=1S/C10H10ClN3S/c1-7-12-10(15-14-7)13-9-5-3-2-4-8(9)6-11/h2-5H,6H2,1H3,(H,12,13,14). The zero-order chi connectivity index (χ0) is 10.7. The van der Waals surface area contributed by atoms with Crippen LogP contribution in [-0.4, -0.2) is 9.36 Å². The summed E-state index contributed by atoms with van der Waals surface area (Å²) >= 11 is 7.18. The summed E-state index contributed by atoms with van der Waals surface area (Å²) in [5.74, 6) is 1.27. The van der Waals surface area contributed by atoms with Crippen molar-refractivity contribution >= 4 is 34.0 Å². The highest BCUT2D eigenvalue weighted by Crippen LogP contribution is 2.22. The molecule has 2 rings (SSSR count). The second-order valence-electron chi connectivity index (χ2n) is 3.06. The predicted molar refractivity (Wildman–Crippen MR) is 63.9 cm³/mol. The molecule has 1 aromatic carbocycles. The molecule has 15 heavy (non-hydrogen) atoms. The number of halogens is 1. The van der Waals surface area contributed by atoms with Crippen LogP contribution in [0, 0.1) is 6.92 Å². The fraction of sp³-hybridized carbons (Fsp3) is 0.200. The number of anilines is 2. The van der Waals surface area contributed by atoms with Gasteiger partial charge in [-0.25, -0.2) is 4.98 Å². The maximum Gasteiger partial charge on any atom is 0.207 e. The molecule has 0 amide bonds. The maximum atomic E-state index is 5.83. The number of rotatable bonds is 3. The van der Waals surface area contributed by atoms with Crippen molar-refractivity contribution in [2.75, 3.05) is 5.32 Å². The summed E-state index contributed by atoms with van der Waals surface area (Å²) in [4.78, 5) is 4.23. The first-order valence-corrected chi connectivity index (χ1v) is 5.81. The molecule has 0 saturated heterocycles. The number of para-hydroxylation sites is 1. The van der Waals surface area contributed by atoms with Gasteiger partial charge in [0.2, 0.25) is 5.13 Å². The van der Waals surface area contributed by atoms with E-state index in [9.17, 15) is 0 Å². The minimum absolute atomic E-state index is 0.487. The molecule has 0 spiro atoms. The smallest absolute Gasteiger partial charge is 0.207 e. The second kappa shape index (κ2) is 4.59. The Bertz CT molecular complexity index is 455. The Morgan fingerprint density at radius 3 is 2.87 bits per heavy atom. The Labute approximate surface area is 97.3 Å². The summed E-state index contributed by atoms with van der Waals surface area (Å²) in [6.45, 7) is 1.87. The van der Waals surface area contributed by atoms with Crippen LogP contribution in [0.4, 0.5) is 10.8 Å². The first-order chi connectivity index (χ1) is 7.29. The van der Waals surface area contributed by atoms with E-state index in [0.29, 0.717) is 5.88 Å². The second-order valence-corrected chi connectivity index (χ2v) is 4.08. The van der Waals surface area contributed by atoms with Crippen molar-refractivity contribution in [3.05, 3.63) is 35.7 Å². The Balaban J connectivity index is 2.23. The van der Waals surface area contributed by atoms with E-state index in [-0.39, 0.29) is 0 Å². The van der Waals surface area contributed by atoms with Gasteiger partial charge in [-0.05, 0) is 18.6 Å². The molecule has 0 radical (unpaired) electrons. The minimum atomic E-state index is 0.487. The molecule has 2 aromatic rings. The number of hydrogen-bond donors (Lipinski definition) is 1. The lowest BCUT2D eigenvalue weighted by molar-refractivity contribution is 1.16. The lowest BCUT2D eigenvalue weighted by Crippen LogP contribution is -1.93. The van der Waals surface area contributed by atoms with Crippen LogP contribution in [0.25, 0.3) is 0 Å². The minimum Gasteiger partial charge on any atom is -0.330 e. The van der Waals surface area contributed by atoms with Crippen molar-refractivity contribution in [2.45, 2.75) is 12.8 Å². The van der Waals surface area contributed by atoms with E-state index >= 15 is 0 Å². The zero-order valence-electron chi connectivity index (χ0n) is 8.20. The molecular weight excluding hydrogens is 230 g/mol. The molecule has 1 heterocycles. The Morgan fingerprint density at radius 2 is 2.20 bits per heavy atom. The third-order valence-corrected chi connectivity index (χ3v) is 2.94. The van der Waals surface area contributed by atoms with Crippen LogP contribution in [0.1, 0.15) is 11.4 Å². The highest BCUT2D eigenvalue weighted by Gasteiger charge is 2.03. The number of benzene rings is 1. The van der Waals surface area contributed by atoms with Gasteiger partial charge in [-0.1, -0.05) is 18.2 Å². The summed E-state index contributed by atoms with van der Waals surface area (Å²) in [6, 6.07) is 7.90. The highest BCUT2D eigenvalue weighted by molar-refractivity contribution is 7.09. The number of aryl methyl sites for hydroxylation is 1. The van der Waals surface area contributed by atoms with Crippen LogP contribution < -0.4 is 5.32 Å². The Morgan fingerprint density at radius 1 is 1.40 bits per heavy atom. The molecule has 1 N–H and O–H groups in total. The molecule has 0 aliphatic rings. The van der Waals surface area contributed by atoms with Gasteiger partial charge in [-0.3, -0.25) is 0 Å². The highest BCUT2D eigenvalue weighted by atomic mass is 35.5. The first-order valence-electron chi connectivity index (χ1n) is 4.51. The molecule has 1 aromatic heterocycles. The fourth-order valence-corrected chi connectivity index (χ4v) is 2.04. The molecule has 0 atom stereocenters. The van der Waals surface area contributed by atoms with E-state index in [1.807, 2.05) is 31.2 Å². The topological polar surface area (TPSA) is 37.8 Å². The van der Waals surface area contributed by atoms with Crippen molar-refractivity contribution in [3.63, 3.8) is 0 Å². The number of nitrogens with one attached hydrogen (secondary N) is 1. The molecule has 0 aliphatic heterocycles. The number of alkyl halides is 1. The van der Waals surface area contributed by atoms with Crippen molar-refractivity contribution in [2.24, 2.45) is 0 Å². The molecule has 0 bridgehead atoms. The predicted octanol–water partition coefficient (Wildman–Crippen LogP) is 3.33. The monoisotopic (exact) mass is 239 g/mol. The van der Waals surface area contributed by atoms with Crippen LogP contribution in [0.5, 0.6) is 0 Å². The summed E-state index contributed by atoms with van der Waals surface area (Å²) in [7, 11) is 0. The number of hydrogen-bond acceptors (Lipinski definition) is 4. The normalized spacial score (nSPS) is 10.3. The summed E-state index contributed by atoms with van der Waals surface area (Å²) < 4.78 is 4.10. The number of aromatic nitrogens is 2. The summed E-state index contributed by atoms with van der Waals surface area (Å²) in [5.41, 5.74) is 2.05. The lowest BCUT2D eigenvalue weighted by Gasteiger charge is -2.06. The Kier molecular flexibility index (Phi) is 3.18. The summed E-state index contributed by atoms with van der Waals surface area (Å²) in [6.07, 6.45) is 0. The van der Waals surface area contributed by atoms with Crippen molar-refractivity contribution in [1.82, 2.24) is 9.36 Å². The average Bonchev–Trinajstić information content (AvgIpc) is 2.65. The van der Waals surface area contributed by atoms with Crippen LogP contribution in [0.3, 0.4) is 0 Å². The molecule has 0 aliphatic carbocycles. The van der Waals surface area contributed by atoms with Gasteiger partial charge in [0.15, 0.2) is 0 Å². The molecule has 0 saturated carbocycles. The maximum absolute atomic E-state index is 5.83. The third-order valence-electron chi connectivity index (χ3n) is 1.93. The molecule has 3 nitrogen and oxygen atoms in total.